The van der Waals surface area contributed by atoms with Gasteiger partial charge in [0.15, 0.2) is 0 Å². The molecule has 2 aliphatic heterocycles. The lowest BCUT2D eigenvalue weighted by atomic mass is 9.95. The fourth-order valence-electron chi connectivity index (χ4n) is 3.99. The average molecular weight is 398 g/mol. The Kier molecular flexibility index (Phi) is 8.05. The molecule has 1 aromatic carbocycles. The number of carbonyl (C=O) groups is 2. The predicted octanol–water partition coefficient (Wildman–Crippen LogP) is 2.70. The SMILES string of the molecule is CCCN(C(=O)C1CCCN(C(=O)c2ccc(F)cc2)C1)C1CCNC1.Cl. The van der Waals surface area contributed by atoms with E-state index in [9.17, 15) is 14.0 Å². The quantitative estimate of drug-likeness (QED) is 0.831. The van der Waals surface area contributed by atoms with Crippen molar-refractivity contribution in [2.24, 2.45) is 5.92 Å². The normalized spacial score (nSPS) is 22.2. The van der Waals surface area contributed by atoms with Crippen LogP contribution in [-0.4, -0.2) is 60.4 Å². The lowest BCUT2D eigenvalue weighted by Gasteiger charge is -2.37. The van der Waals surface area contributed by atoms with E-state index in [2.05, 4.69) is 12.2 Å². The molecule has 2 fully saturated rings. The van der Waals surface area contributed by atoms with Crippen LogP contribution in [-0.2, 0) is 4.79 Å². The third-order valence-corrected chi connectivity index (χ3v) is 5.37. The summed E-state index contributed by atoms with van der Waals surface area (Å²) in [4.78, 5) is 29.6. The van der Waals surface area contributed by atoms with Gasteiger partial charge in [-0.25, -0.2) is 4.39 Å². The van der Waals surface area contributed by atoms with Crippen LogP contribution in [0.1, 0.15) is 43.0 Å². The minimum absolute atomic E-state index is 0. The molecule has 5 nitrogen and oxygen atoms in total. The third-order valence-electron chi connectivity index (χ3n) is 5.37. The Morgan fingerprint density at radius 3 is 2.63 bits per heavy atom. The number of hydrogen-bond donors (Lipinski definition) is 1. The summed E-state index contributed by atoms with van der Waals surface area (Å²) in [7, 11) is 0. The van der Waals surface area contributed by atoms with E-state index in [1.807, 2.05) is 4.90 Å². The molecule has 3 rings (SSSR count). The first-order chi connectivity index (χ1) is 12.6. The zero-order chi connectivity index (χ0) is 18.5. The standard InChI is InChI=1S/C20H28FN3O2.ClH/c1-2-11-24(18-9-10-22-13-18)20(26)16-4-3-12-23(14-16)19(25)15-5-7-17(21)8-6-15;/h5-8,16,18,22H,2-4,9-14H2,1H3;1H. The number of carbonyl (C=O) groups excluding carboxylic acids is 2. The van der Waals surface area contributed by atoms with Gasteiger partial charge >= 0.3 is 0 Å². The number of amides is 2. The van der Waals surface area contributed by atoms with Crippen molar-refractivity contribution in [3.8, 4) is 0 Å². The van der Waals surface area contributed by atoms with E-state index < -0.39 is 0 Å². The number of likely N-dealkylation sites (tertiary alicyclic amines) is 1. The van der Waals surface area contributed by atoms with E-state index in [1.54, 1.807) is 4.90 Å². The predicted molar refractivity (Wildman–Crippen MR) is 106 cm³/mol. The molecule has 7 heteroatoms. The van der Waals surface area contributed by atoms with Gasteiger partial charge in [-0.15, -0.1) is 12.4 Å². The molecule has 27 heavy (non-hydrogen) atoms. The van der Waals surface area contributed by atoms with Gasteiger partial charge in [-0.3, -0.25) is 9.59 Å². The number of hydrogen-bond acceptors (Lipinski definition) is 3. The molecule has 0 radical (unpaired) electrons. The van der Waals surface area contributed by atoms with E-state index >= 15 is 0 Å². The number of halogens is 2. The molecule has 1 aromatic rings. The van der Waals surface area contributed by atoms with E-state index in [1.165, 1.54) is 24.3 Å². The summed E-state index contributed by atoms with van der Waals surface area (Å²) in [5.74, 6) is -0.432. The van der Waals surface area contributed by atoms with Gasteiger partial charge in [0.1, 0.15) is 5.82 Å². The van der Waals surface area contributed by atoms with E-state index in [4.69, 9.17) is 0 Å². The molecule has 0 spiro atoms. The zero-order valence-corrected chi connectivity index (χ0v) is 16.6. The van der Waals surface area contributed by atoms with Crippen molar-refractivity contribution in [3.05, 3.63) is 35.6 Å². The van der Waals surface area contributed by atoms with Gasteiger partial charge in [-0.2, -0.15) is 0 Å². The molecule has 0 saturated carbocycles. The lowest BCUT2D eigenvalue weighted by Crippen LogP contribution is -2.50. The number of benzene rings is 1. The van der Waals surface area contributed by atoms with Crippen molar-refractivity contribution >= 4 is 24.2 Å². The Morgan fingerprint density at radius 2 is 2.00 bits per heavy atom. The Hall–Kier alpha value is -1.66. The molecule has 2 unspecified atom stereocenters. The van der Waals surface area contributed by atoms with Crippen molar-refractivity contribution in [2.45, 2.75) is 38.6 Å². The Balaban J connectivity index is 0.00000261. The average Bonchev–Trinajstić information content (AvgIpc) is 3.20. The summed E-state index contributed by atoms with van der Waals surface area (Å²) in [5, 5.41) is 3.33. The molecule has 0 bridgehead atoms. The molecular formula is C20H29ClFN3O2. The number of rotatable bonds is 5. The van der Waals surface area contributed by atoms with Crippen LogP contribution in [0, 0.1) is 11.7 Å². The van der Waals surface area contributed by atoms with Crippen LogP contribution in [0.4, 0.5) is 4.39 Å². The minimum Gasteiger partial charge on any atom is -0.338 e. The zero-order valence-electron chi connectivity index (χ0n) is 15.8. The second-order valence-corrected chi connectivity index (χ2v) is 7.28. The minimum atomic E-state index is -0.353. The van der Waals surface area contributed by atoms with Gasteiger partial charge in [0.05, 0.1) is 5.92 Å². The summed E-state index contributed by atoms with van der Waals surface area (Å²) >= 11 is 0. The molecule has 150 valence electrons. The van der Waals surface area contributed by atoms with Gasteiger partial charge in [0.2, 0.25) is 5.91 Å². The largest absolute Gasteiger partial charge is 0.338 e. The number of piperidine rings is 1. The lowest BCUT2D eigenvalue weighted by molar-refractivity contribution is -0.139. The first kappa shape index (κ1) is 21.6. The van der Waals surface area contributed by atoms with E-state index in [-0.39, 0.29) is 42.0 Å². The summed E-state index contributed by atoms with van der Waals surface area (Å²) in [5.41, 5.74) is 0.477. The second kappa shape index (κ2) is 10.0. The Labute approximate surface area is 166 Å². The molecule has 0 aliphatic carbocycles. The highest BCUT2D eigenvalue weighted by atomic mass is 35.5. The summed E-state index contributed by atoms with van der Waals surface area (Å²) in [6, 6.07) is 5.89. The maximum atomic E-state index is 13.1. The molecule has 2 heterocycles. The van der Waals surface area contributed by atoms with Crippen molar-refractivity contribution < 1.29 is 14.0 Å². The van der Waals surface area contributed by atoms with Crippen molar-refractivity contribution in [2.75, 3.05) is 32.7 Å². The first-order valence-corrected chi connectivity index (χ1v) is 9.66. The second-order valence-electron chi connectivity index (χ2n) is 7.28. The van der Waals surface area contributed by atoms with Crippen molar-refractivity contribution in [1.82, 2.24) is 15.1 Å². The number of nitrogens with one attached hydrogen (secondary N) is 1. The van der Waals surface area contributed by atoms with Crippen LogP contribution in [0.5, 0.6) is 0 Å². The van der Waals surface area contributed by atoms with Crippen LogP contribution >= 0.6 is 12.4 Å². The van der Waals surface area contributed by atoms with Crippen LogP contribution in [0.15, 0.2) is 24.3 Å². The molecule has 2 atom stereocenters. The molecule has 0 aromatic heterocycles. The van der Waals surface area contributed by atoms with Crippen molar-refractivity contribution in [3.63, 3.8) is 0 Å². The third kappa shape index (κ3) is 5.20. The first-order valence-electron chi connectivity index (χ1n) is 9.66. The topological polar surface area (TPSA) is 52.7 Å². The highest BCUT2D eigenvalue weighted by molar-refractivity contribution is 5.94. The highest BCUT2D eigenvalue weighted by Crippen LogP contribution is 2.23. The Morgan fingerprint density at radius 1 is 1.26 bits per heavy atom. The van der Waals surface area contributed by atoms with Gasteiger partial charge in [-0.05, 0) is 56.5 Å². The van der Waals surface area contributed by atoms with Gasteiger partial charge in [0, 0.05) is 37.8 Å². The molecule has 2 aliphatic rings. The van der Waals surface area contributed by atoms with Crippen molar-refractivity contribution in [1.29, 1.82) is 0 Å². The van der Waals surface area contributed by atoms with Crippen LogP contribution in [0.25, 0.3) is 0 Å². The highest BCUT2D eigenvalue weighted by Gasteiger charge is 2.34. The van der Waals surface area contributed by atoms with E-state index in [0.717, 1.165) is 45.3 Å². The van der Waals surface area contributed by atoms with Crippen LogP contribution < -0.4 is 5.32 Å². The molecule has 1 N–H and O–H groups in total. The molecule has 2 saturated heterocycles. The monoisotopic (exact) mass is 397 g/mol. The van der Waals surface area contributed by atoms with Gasteiger partial charge in [0.25, 0.3) is 5.91 Å². The Bertz CT molecular complexity index is 635. The van der Waals surface area contributed by atoms with Crippen LogP contribution in [0.3, 0.4) is 0 Å². The smallest absolute Gasteiger partial charge is 0.253 e. The number of nitrogens with zero attached hydrogens (tertiary/aromatic N) is 2. The maximum Gasteiger partial charge on any atom is 0.253 e. The summed E-state index contributed by atoms with van der Waals surface area (Å²) in [6.45, 7) is 5.78. The summed E-state index contributed by atoms with van der Waals surface area (Å²) in [6.07, 6.45) is 3.59. The van der Waals surface area contributed by atoms with Gasteiger partial charge < -0.3 is 15.1 Å². The fourth-order valence-corrected chi connectivity index (χ4v) is 3.99. The fraction of sp³-hybridized carbons (Fsp3) is 0.600. The molecule has 2 amide bonds. The van der Waals surface area contributed by atoms with Gasteiger partial charge in [-0.1, -0.05) is 6.92 Å². The maximum absolute atomic E-state index is 13.1. The van der Waals surface area contributed by atoms with Crippen LogP contribution in [0.2, 0.25) is 0 Å². The van der Waals surface area contributed by atoms with E-state index in [0.29, 0.717) is 18.7 Å². The summed E-state index contributed by atoms with van der Waals surface area (Å²) < 4.78 is 13.1. The molecular weight excluding hydrogens is 369 g/mol.